The molecule has 0 unspecified atom stereocenters. The normalized spacial score (nSPS) is 10.9. The lowest BCUT2D eigenvalue weighted by Gasteiger charge is -2.09. The van der Waals surface area contributed by atoms with E-state index in [0.717, 1.165) is 23.4 Å². The molecule has 4 heteroatoms. The number of carbonyl (C=O) groups is 1. The summed E-state index contributed by atoms with van der Waals surface area (Å²) in [6.45, 7) is 6.22. The van der Waals surface area contributed by atoms with E-state index in [9.17, 15) is 4.79 Å². The molecule has 0 fully saturated rings. The van der Waals surface area contributed by atoms with Crippen molar-refractivity contribution in [3.8, 4) is 5.69 Å². The minimum absolute atomic E-state index is 0.0946. The molecular formula is C15H18N2O2. The first-order chi connectivity index (χ1) is 8.97. The molecule has 0 spiro atoms. The number of rotatable bonds is 4. The van der Waals surface area contributed by atoms with Gasteiger partial charge in [0.1, 0.15) is 0 Å². The molecule has 0 aliphatic rings. The van der Waals surface area contributed by atoms with E-state index >= 15 is 0 Å². The van der Waals surface area contributed by atoms with Gasteiger partial charge in [0.05, 0.1) is 5.69 Å². The van der Waals surface area contributed by atoms with Crippen molar-refractivity contribution in [3.05, 3.63) is 47.3 Å². The van der Waals surface area contributed by atoms with Gasteiger partial charge in [-0.05, 0) is 43.0 Å². The summed E-state index contributed by atoms with van der Waals surface area (Å²) >= 11 is 0. The molecule has 1 N–H and O–H groups in total. The third-order valence-corrected chi connectivity index (χ3v) is 2.87. The number of aryl methyl sites for hydroxylation is 1. The van der Waals surface area contributed by atoms with E-state index in [1.165, 1.54) is 0 Å². The second-order valence-electron chi connectivity index (χ2n) is 5.17. The number of benzene rings is 1. The first kappa shape index (κ1) is 13.3. The van der Waals surface area contributed by atoms with Gasteiger partial charge in [-0.2, -0.15) is 5.10 Å². The maximum atomic E-state index is 11.1. The fourth-order valence-corrected chi connectivity index (χ4v) is 2.07. The molecule has 0 atom stereocenters. The molecule has 2 rings (SSSR count). The molecule has 4 nitrogen and oxygen atoms in total. The van der Waals surface area contributed by atoms with Crippen LogP contribution >= 0.6 is 0 Å². The van der Waals surface area contributed by atoms with Crippen molar-refractivity contribution < 1.29 is 9.90 Å². The number of aromatic nitrogens is 2. The number of aromatic carboxylic acids is 1. The van der Waals surface area contributed by atoms with Gasteiger partial charge in [0.2, 0.25) is 0 Å². The minimum Gasteiger partial charge on any atom is -0.476 e. The number of carboxylic acid groups (broad SMARTS) is 1. The monoisotopic (exact) mass is 258 g/mol. The molecule has 0 aliphatic heterocycles. The van der Waals surface area contributed by atoms with Crippen LogP contribution in [0.1, 0.15) is 35.6 Å². The molecule has 0 saturated carbocycles. The van der Waals surface area contributed by atoms with Crippen LogP contribution in [0.5, 0.6) is 0 Å². The zero-order chi connectivity index (χ0) is 14.0. The predicted molar refractivity (Wildman–Crippen MR) is 73.8 cm³/mol. The second kappa shape index (κ2) is 5.26. The lowest BCUT2D eigenvalue weighted by atomic mass is 10.1. The highest BCUT2D eigenvalue weighted by atomic mass is 16.4. The fourth-order valence-electron chi connectivity index (χ4n) is 2.07. The lowest BCUT2D eigenvalue weighted by Crippen LogP contribution is -2.06. The van der Waals surface area contributed by atoms with Crippen molar-refractivity contribution in [2.24, 2.45) is 5.92 Å². The highest BCUT2D eigenvalue weighted by Gasteiger charge is 2.15. The largest absolute Gasteiger partial charge is 0.476 e. The number of nitrogens with zero attached hydrogens (tertiary/aromatic N) is 2. The molecule has 1 aromatic carbocycles. The van der Waals surface area contributed by atoms with Gasteiger partial charge in [-0.25, -0.2) is 9.48 Å². The van der Waals surface area contributed by atoms with Crippen LogP contribution in [0.2, 0.25) is 0 Å². The summed E-state index contributed by atoms with van der Waals surface area (Å²) in [6.07, 6.45) is 0.800. The van der Waals surface area contributed by atoms with Gasteiger partial charge in [0.15, 0.2) is 5.69 Å². The van der Waals surface area contributed by atoms with Crippen LogP contribution in [0.25, 0.3) is 5.69 Å². The minimum atomic E-state index is -0.989. The van der Waals surface area contributed by atoms with Crippen molar-refractivity contribution in [2.75, 3.05) is 0 Å². The Morgan fingerprint density at radius 3 is 2.68 bits per heavy atom. The molecule has 0 amide bonds. The van der Waals surface area contributed by atoms with Gasteiger partial charge in [0.25, 0.3) is 0 Å². The zero-order valence-electron chi connectivity index (χ0n) is 11.4. The molecule has 0 bridgehead atoms. The van der Waals surface area contributed by atoms with E-state index in [-0.39, 0.29) is 5.69 Å². The first-order valence-electron chi connectivity index (χ1n) is 6.36. The molecule has 100 valence electrons. The quantitative estimate of drug-likeness (QED) is 0.916. The molecule has 1 aromatic heterocycles. The van der Waals surface area contributed by atoms with Crippen molar-refractivity contribution >= 4 is 5.97 Å². The van der Waals surface area contributed by atoms with E-state index in [2.05, 4.69) is 18.9 Å². The Morgan fingerprint density at radius 1 is 1.37 bits per heavy atom. The summed E-state index contributed by atoms with van der Waals surface area (Å²) in [5.41, 5.74) is 3.05. The van der Waals surface area contributed by atoms with E-state index in [1.807, 2.05) is 31.2 Å². The Hall–Kier alpha value is -2.10. The van der Waals surface area contributed by atoms with Gasteiger partial charge >= 0.3 is 5.97 Å². The first-order valence-corrected chi connectivity index (χ1v) is 6.36. The molecule has 1 heterocycles. The van der Waals surface area contributed by atoms with Crippen LogP contribution in [-0.2, 0) is 6.42 Å². The van der Waals surface area contributed by atoms with E-state index < -0.39 is 5.97 Å². The average Bonchev–Trinajstić information content (AvgIpc) is 2.72. The Bertz CT molecular complexity index is 600. The van der Waals surface area contributed by atoms with Gasteiger partial charge in [0, 0.05) is 5.69 Å². The summed E-state index contributed by atoms with van der Waals surface area (Å²) in [5, 5.41) is 13.3. The van der Waals surface area contributed by atoms with Crippen molar-refractivity contribution in [2.45, 2.75) is 27.2 Å². The van der Waals surface area contributed by atoms with Crippen molar-refractivity contribution in [3.63, 3.8) is 0 Å². The molecule has 0 saturated heterocycles. The molecule has 0 aliphatic carbocycles. The Labute approximate surface area is 112 Å². The molecule has 2 aromatic rings. The van der Waals surface area contributed by atoms with Crippen molar-refractivity contribution in [1.82, 2.24) is 9.78 Å². The Balaban J connectivity index is 2.50. The van der Waals surface area contributed by atoms with E-state index in [0.29, 0.717) is 5.92 Å². The number of hydrogen-bond donors (Lipinski definition) is 1. The predicted octanol–water partition coefficient (Wildman–Crippen LogP) is 3.08. The number of carboxylic acids is 1. The van der Waals surface area contributed by atoms with E-state index in [4.69, 9.17) is 5.11 Å². The highest BCUT2D eigenvalue weighted by molar-refractivity contribution is 5.85. The summed E-state index contributed by atoms with van der Waals surface area (Å²) in [4.78, 5) is 11.1. The topological polar surface area (TPSA) is 55.1 Å². The summed E-state index contributed by atoms with van der Waals surface area (Å²) in [7, 11) is 0. The maximum Gasteiger partial charge on any atom is 0.356 e. The molecule has 19 heavy (non-hydrogen) atoms. The fraction of sp³-hybridized carbons (Fsp3) is 0.333. The third kappa shape index (κ3) is 3.02. The lowest BCUT2D eigenvalue weighted by molar-refractivity contribution is 0.0690. The molecular weight excluding hydrogens is 240 g/mol. The van der Waals surface area contributed by atoms with Gasteiger partial charge in [-0.3, -0.25) is 0 Å². The SMILES string of the molecule is Cc1cccc(-n2nc(C(=O)O)cc2CC(C)C)c1. The smallest absolute Gasteiger partial charge is 0.356 e. The van der Waals surface area contributed by atoms with E-state index in [1.54, 1.807) is 10.7 Å². The van der Waals surface area contributed by atoms with Crippen LogP contribution in [-0.4, -0.2) is 20.9 Å². The second-order valence-corrected chi connectivity index (χ2v) is 5.17. The van der Waals surface area contributed by atoms with Gasteiger partial charge in [-0.1, -0.05) is 26.0 Å². The third-order valence-electron chi connectivity index (χ3n) is 2.87. The Kier molecular flexibility index (Phi) is 3.69. The summed E-state index contributed by atoms with van der Waals surface area (Å²) in [6, 6.07) is 9.56. The van der Waals surface area contributed by atoms with Crippen LogP contribution < -0.4 is 0 Å². The van der Waals surface area contributed by atoms with Crippen LogP contribution in [0, 0.1) is 12.8 Å². The van der Waals surface area contributed by atoms with Gasteiger partial charge in [-0.15, -0.1) is 0 Å². The number of hydrogen-bond acceptors (Lipinski definition) is 2. The summed E-state index contributed by atoms with van der Waals surface area (Å²) < 4.78 is 1.73. The van der Waals surface area contributed by atoms with Crippen LogP contribution in [0.4, 0.5) is 0 Å². The maximum absolute atomic E-state index is 11.1. The van der Waals surface area contributed by atoms with Crippen molar-refractivity contribution in [1.29, 1.82) is 0 Å². The van der Waals surface area contributed by atoms with Crippen LogP contribution in [0.3, 0.4) is 0 Å². The standard InChI is InChI=1S/C15H18N2O2/c1-10(2)7-13-9-14(15(18)19)16-17(13)12-6-4-5-11(3)8-12/h4-6,8-10H,7H2,1-3H3,(H,18,19). The van der Waals surface area contributed by atoms with Gasteiger partial charge < -0.3 is 5.11 Å². The molecule has 0 radical (unpaired) electrons. The van der Waals surface area contributed by atoms with Crippen LogP contribution in [0.15, 0.2) is 30.3 Å². The highest BCUT2D eigenvalue weighted by Crippen LogP contribution is 2.17. The summed E-state index contributed by atoms with van der Waals surface area (Å²) in [5.74, 6) is -0.543. The average molecular weight is 258 g/mol. The zero-order valence-corrected chi connectivity index (χ0v) is 11.4. The Morgan fingerprint density at radius 2 is 2.11 bits per heavy atom.